The van der Waals surface area contributed by atoms with E-state index >= 15 is 0 Å². The van der Waals surface area contributed by atoms with Crippen LogP contribution in [0.25, 0.3) is 108 Å². The van der Waals surface area contributed by atoms with Crippen molar-refractivity contribution in [3.8, 4) is 44.7 Å². The summed E-state index contributed by atoms with van der Waals surface area (Å²) in [5, 5.41) is 11.0. The normalized spacial score (nSPS) is 11.8. The van der Waals surface area contributed by atoms with Crippen molar-refractivity contribution in [1.29, 1.82) is 0 Å². The second-order valence-electron chi connectivity index (χ2n) is 13.6. The highest BCUT2D eigenvalue weighted by Crippen LogP contribution is 2.46. The first-order chi connectivity index (χ1) is 25.8. The topological polar surface area (TPSA) is 13.1 Å². The van der Waals surface area contributed by atoms with Crippen LogP contribution in [0, 0.1) is 0 Å². The molecule has 1 nitrogen and oxygen atoms in total. The van der Waals surface area contributed by atoms with Gasteiger partial charge in [-0.2, -0.15) is 0 Å². The lowest BCUT2D eigenvalue weighted by Gasteiger charge is -2.18. The van der Waals surface area contributed by atoms with Gasteiger partial charge in [0.2, 0.25) is 0 Å². The molecule has 2 heterocycles. The maximum atomic E-state index is 6.76. The first-order valence-corrected chi connectivity index (χ1v) is 18.6. The summed E-state index contributed by atoms with van der Waals surface area (Å²) >= 11 is 1.87. The van der Waals surface area contributed by atoms with Crippen molar-refractivity contribution >= 4 is 74.8 Å². The van der Waals surface area contributed by atoms with Crippen LogP contribution >= 0.6 is 11.3 Å². The Morgan fingerprint density at radius 3 is 1.62 bits per heavy atom. The minimum atomic E-state index is 0.876. The predicted molar refractivity (Wildman–Crippen MR) is 223 cm³/mol. The van der Waals surface area contributed by atoms with Crippen molar-refractivity contribution in [3.63, 3.8) is 0 Å². The van der Waals surface area contributed by atoms with Crippen LogP contribution in [0.5, 0.6) is 0 Å². The van der Waals surface area contributed by atoms with Crippen LogP contribution in [0.2, 0.25) is 0 Å². The van der Waals surface area contributed by atoms with Crippen molar-refractivity contribution in [1.82, 2.24) is 0 Å². The molecule has 0 saturated heterocycles. The molecule has 0 aliphatic rings. The van der Waals surface area contributed by atoms with Crippen LogP contribution in [0.15, 0.2) is 186 Å². The summed E-state index contributed by atoms with van der Waals surface area (Å²) in [4.78, 5) is 0. The Morgan fingerprint density at radius 2 is 0.865 bits per heavy atom. The molecule has 0 N–H and O–H groups in total. The third-order valence-corrected chi connectivity index (χ3v) is 11.8. The van der Waals surface area contributed by atoms with E-state index < -0.39 is 0 Å². The highest BCUT2D eigenvalue weighted by Gasteiger charge is 2.19. The molecule has 0 amide bonds. The zero-order valence-corrected chi connectivity index (χ0v) is 29.0. The van der Waals surface area contributed by atoms with Crippen molar-refractivity contribution in [2.75, 3.05) is 0 Å². The highest BCUT2D eigenvalue weighted by molar-refractivity contribution is 7.25. The van der Waals surface area contributed by atoms with E-state index in [0.717, 1.165) is 33.1 Å². The molecule has 0 fully saturated rings. The molecule has 2 heteroatoms. The van der Waals surface area contributed by atoms with E-state index in [2.05, 4.69) is 182 Å². The van der Waals surface area contributed by atoms with Gasteiger partial charge in [0.15, 0.2) is 0 Å². The molecule has 0 aliphatic heterocycles. The maximum Gasteiger partial charge on any atom is 0.142 e. The Balaban J connectivity index is 1.11. The van der Waals surface area contributed by atoms with Gasteiger partial charge in [0.05, 0.1) is 0 Å². The monoisotopic (exact) mass is 678 g/mol. The van der Waals surface area contributed by atoms with E-state index in [1.807, 2.05) is 11.3 Å². The molecule has 9 aromatic carbocycles. The van der Waals surface area contributed by atoms with Gasteiger partial charge in [0.25, 0.3) is 0 Å². The van der Waals surface area contributed by atoms with Gasteiger partial charge < -0.3 is 4.42 Å². The van der Waals surface area contributed by atoms with Gasteiger partial charge in [-0.3, -0.25) is 0 Å². The van der Waals surface area contributed by atoms with E-state index in [1.165, 1.54) is 75.1 Å². The summed E-state index contributed by atoms with van der Waals surface area (Å²) in [5.74, 6) is 0.876. The molecule has 0 saturated carbocycles. The van der Waals surface area contributed by atoms with Crippen LogP contribution in [-0.2, 0) is 0 Å². The molecule has 52 heavy (non-hydrogen) atoms. The summed E-state index contributed by atoms with van der Waals surface area (Å²) in [6.45, 7) is 0. The van der Waals surface area contributed by atoms with Crippen LogP contribution in [0.4, 0.5) is 0 Å². The largest absolute Gasteiger partial charge is 0.455 e. The van der Waals surface area contributed by atoms with Gasteiger partial charge >= 0.3 is 0 Å². The summed E-state index contributed by atoms with van der Waals surface area (Å²) in [7, 11) is 0. The fourth-order valence-electron chi connectivity index (χ4n) is 8.23. The molecule has 11 rings (SSSR count). The lowest BCUT2D eigenvalue weighted by atomic mass is 9.85. The van der Waals surface area contributed by atoms with Gasteiger partial charge in [0, 0.05) is 36.5 Å². The molecule has 242 valence electrons. The molecular formula is C50H30OS. The zero-order valence-electron chi connectivity index (χ0n) is 28.1. The maximum absolute atomic E-state index is 6.76. The molecule has 0 unspecified atom stereocenters. The van der Waals surface area contributed by atoms with E-state index in [0.29, 0.717) is 0 Å². The van der Waals surface area contributed by atoms with Gasteiger partial charge in [-0.05, 0) is 90.6 Å². The van der Waals surface area contributed by atoms with E-state index in [4.69, 9.17) is 4.42 Å². The van der Waals surface area contributed by atoms with Crippen molar-refractivity contribution in [2.45, 2.75) is 0 Å². The van der Waals surface area contributed by atoms with Crippen LogP contribution in [0.1, 0.15) is 0 Å². The summed E-state index contributed by atoms with van der Waals surface area (Å²) in [6.07, 6.45) is 0. The SMILES string of the molecule is c1ccc(-c2cccc(-c3cc4ccc5ccc(-c6c7ccccc7c(-c7ccc8c(c7)sc7ccccc78)c7ccccc67)cc5c4o3)c2)cc1. The average Bonchev–Trinajstić information content (AvgIpc) is 3.82. The molecule has 0 spiro atoms. The number of hydrogen-bond donors (Lipinski definition) is 0. The van der Waals surface area contributed by atoms with Crippen molar-refractivity contribution < 1.29 is 4.42 Å². The van der Waals surface area contributed by atoms with Crippen LogP contribution in [0.3, 0.4) is 0 Å². The first-order valence-electron chi connectivity index (χ1n) is 17.7. The average molecular weight is 679 g/mol. The number of furan rings is 1. The van der Waals surface area contributed by atoms with Gasteiger partial charge in [0.1, 0.15) is 11.3 Å². The van der Waals surface area contributed by atoms with Gasteiger partial charge in [-0.15, -0.1) is 11.3 Å². The van der Waals surface area contributed by atoms with E-state index in [-0.39, 0.29) is 0 Å². The second kappa shape index (κ2) is 11.5. The van der Waals surface area contributed by atoms with E-state index in [1.54, 1.807) is 0 Å². The molecular weight excluding hydrogens is 649 g/mol. The molecule has 0 bridgehead atoms. The van der Waals surface area contributed by atoms with Crippen molar-refractivity contribution in [2.24, 2.45) is 0 Å². The van der Waals surface area contributed by atoms with Crippen molar-refractivity contribution in [3.05, 3.63) is 182 Å². The molecule has 0 radical (unpaired) electrons. The quantitative estimate of drug-likeness (QED) is 0.169. The minimum Gasteiger partial charge on any atom is -0.455 e. The molecule has 11 aromatic rings. The minimum absolute atomic E-state index is 0.876. The van der Waals surface area contributed by atoms with E-state index in [9.17, 15) is 0 Å². The van der Waals surface area contributed by atoms with Gasteiger partial charge in [-0.1, -0.05) is 152 Å². The number of hydrogen-bond acceptors (Lipinski definition) is 2. The van der Waals surface area contributed by atoms with Gasteiger partial charge in [-0.25, -0.2) is 0 Å². The number of thiophene rings is 1. The number of benzene rings is 9. The fourth-order valence-corrected chi connectivity index (χ4v) is 9.37. The summed E-state index contributed by atoms with van der Waals surface area (Å²) < 4.78 is 9.41. The smallest absolute Gasteiger partial charge is 0.142 e. The first kappa shape index (κ1) is 29.3. The fraction of sp³-hybridized carbons (Fsp3) is 0. The molecule has 0 atom stereocenters. The number of fused-ring (bicyclic) bond motifs is 8. The van der Waals surface area contributed by atoms with Crippen LogP contribution in [-0.4, -0.2) is 0 Å². The third kappa shape index (κ3) is 4.55. The zero-order chi connectivity index (χ0) is 34.2. The lowest BCUT2D eigenvalue weighted by molar-refractivity contribution is 0.635. The van der Waals surface area contributed by atoms with Crippen LogP contribution < -0.4 is 0 Å². The Labute approximate surface area is 304 Å². The lowest BCUT2D eigenvalue weighted by Crippen LogP contribution is -1.91. The Bertz CT molecular complexity index is 3120. The third-order valence-electron chi connectivity index (χ3n) is 10.6. The number of rotatable bonds is 4. The standard InChI is InChI=1S/C50H30OS/c1-2-11-31(12-3-1)33-13-10-14-34(27-33)45-29-37-24-22-32-21-23-35(28-44(32)50(37)51-45)48-40-16-4-6-18-42(40)49(43-19-7-5-17-41(43)48)36-25-26-39-38-15-8-9-20-46(38)52-47(39)30-36/h1-30H. The highest BCUT2D eigenvalue weighted by atomic mass is 32.1. The molecule has 2 aromatic heterocycles. The Hall–Kier alpha value is -6.48. The molecule has 0 aliphatic carbocycles. The predicted octanol–water partition coefficient (Wildman–Crippen LogP) is 14.9. The Morgan fingerprint density at radius 1 is 0.308 bits per heavy atom. The Kier molecular flexibility index (Phi) is 6.49. The summed E-state index contributed by atoms with van der Waals surface area (Å²) in [5.41, 5.74) is 9.33. The second-order valence-corrected chi connectivity index (χ2v) is 14.7. The summed E-state index contributed by atoms with van der Waals surface area (Å²) in [6, 6.07) is 66.1.